The largest absolute Gasteiger partial charge is 0.420 e. The summed E-state index contributed by atoms with van der Waals surface area (Å²) in [4.78, 5) is 4.05. The van der Waals surface area contributed by atoms with E-state index in [2.05, 4.69) is 10.7 Å². The van der Waals surface area contributed by atoms with Crippen molar-refractivity contribution in [3.63, 3.8) is 0 Å². The van der Waals surface area contributed by atoms with Gasteiger partial charge in [-0.05, 0) is 18.2 Å². The van der Waals surface area contributed by atoms with Crippen LogP contribution in [-0.4, -0.2) is 0 Å². The van der Waals surface area contributed by atoms with Gasteiger partial charge in [-0.15, -0.1) is 0 Å². The Morgan fingerprint density at radius 1 is 1.31 bits per heavy atom. The van der Waals surface area contributed by atoms with E-state index in [-0.39, 0.29) is 5.02 Å². The molecule has 0 spiro atoms. The van der Waals surface area contributed by atoms with Gasteiger partial charge in [-0.25, -0.2) is 0 Å². The summed E-state index contributed by atoms with van der Waals surface area (Å²) in [5, 5.41) is -0.0203. The van der Waals surface area contributed by atoms with Gasteiger partial charge in [0.25, 0.3) is 0 Å². The van der Waals surface area contributed by atoms with Gasteiger partial charge in [0.2, 0.25) is 0 Å². The Hall–Kier alpha value is -0.940. The average Bonchev–Trinajstić information content (AvgIpc) is 2.03. The highest BCUT2D eigenvalue weighted by Gasteiger charge is 2.34. The SMILES string of the molecule is NOc1ccc(Cl)cc1C(F)(F)F. The number of alkyl halides is 3. The molecule has 1 aromatic rings. The van der Waals surface area contributed by atoms with Gasteiger partial charge in [0.15, 0.2) is 5.75 Å². The molecule has 0 saturated heterocycles. The molecule has 0 saturated carbocycles. The van der Waals surface area contributed by atoms with E-state index in [9.17, 15) is 13.2 Å². The van der Waals surface area contributed by atoms with Crippen molar-refractivity contribution >= 4 is 11.6 Å². The molecule has 1 aromatic carbocycles. The Morgan fingerprint density at radius 3 is 2.38 bits per heavy atom. The summed E-state index contributed by atoms with van der Waals surface area (Å²) in [5.41, 5.74) is -0.984. The van der Waals surface area contributed by atoms with Crippen LogP contribution in [0.1, 0.15) is 5.56 Å². The lowest BCUT2D eigenvalue weighted by molar-refractivity contribution is -0.139. The predicted molar refractivity (Wildman–Crippen MR) is 41.3 cm³/mol. The van der Waals surface area contributed by atoms with E-state index >= 15 is 0 Å². The molecular formula is C7H5ClF3NO. The van der Waals surface area contributed by atoms with Crippen LogP contribution >= 0.6 is 11.6 Å². The lowest BCUT2D eigenvalue weighted by atomic mass is 10.2. The Morgan fingerprint density at radius 2 is 1.92 bits per heavy atom. The second-order valence-corrected chi connectivity index (χ2v) is 2.69. The van der Waals surface area contributed by atoms with Gasteiger partial charge in [0.1, 0.15) is 5.56 Å². The molecule has 2 N–H and O–H groups in total. The first-order valence-electron chi connectivity index (χ1n) is 3.18. The maximum atomic E-state index is 12.2. The minimum atomic E-state index is -4.51. The maximum Gasteiger partial charge on any atom is 0.420 e. The van der Waals surface area contributed by atoms with Crippen molar-refractivity contribution in [3.05, 3.63) is 28.8 Å². The quantitative estimate of drug-likeness (QED) is 0.725. The molecule has 0 bridgehead atoms. The number of hydrogen-bond acceptors (Lipinski definition) is 2. The fraction of sp³-hybridized carbons (Fsp3) is 0.143. The summed E-state index contributed by atoms with van der Waals surface area (Å²) in [6, 6.07) is 3.08. The van der Waals surface area contributed by atoms with Crippen LogP contribution in [0.4, 0.5) is 13.2 Å². The van der Waals surface area contributed by atoms with Crippen molar-refractivity contribution in [3.8, 4) is 5.75 Å². The Kier molecular flexibility index (Phi) is 2.68. The van der Waals surface area contributed by atoms with Crippen LogP contribution in [-0.2, 0) is 6.18 Å². The van der Waals surface area contributed by atoms with Crippen LogP contribution in [0.3, 0.4) is 0 Å². The molecule has 0 atom stereocenters. The highest BCUT2D eigenvalue weighted by atomic mass is 35.5. The van der Waals surface area contributed by atoms with E-state index in [1.54, 1.807) is 0 Å². The van der Waals surface area contributed by atoms with Crippen LogP contribution in [0.25, 0.3) is 0 Å². The maximum absolute atomic E-state index is 12.2. The van der Waals surface area contributed by atoms with Crippen molar-refractivity contribution in [1.29, 1.82) is 0 Å². The van der Waals surface area contributed by atoms with E-state index in [4.69, 9.17) is 11.6 Å². The number of halogens is 4. The zero-order valence-electron chi connectivity index (χ0n) is 6.23. The molecule has 0 aliphatic carbocycles. The van der Waals surface area contributed by atoms with Crippen molar-refractivity contribution in [2.24, 2.45) is 5.90 Å². The zero-order chi connectivity index (χ0) is 10.1. The third-order valence-corrected chi connectivity index (χ3v) is 1.61. The molecule has 0 aliphatic rings. The van der Waals surface area contributed by atoms with Crippen LogP contribution < -0.4 is 10.7 Å². The second-order valence-electron chi connectivity index (χ2n) is 2.26. The molecule has 13 heavy (non-hydrogen) atoms. The van der Waals surface area contributed by atoms with Crippen LogP contribution in [0.5, 0.6) is 5.75 Å². The number of nitrogens with two attached hydrogens (primary N) is 1. The Bertz CT molecular complexity index is 313. The first-order chi connectivity index (χ1) is 5.95. The summed E-state index contributed by atoms with van der Waals surface area (Å²) in [5.74, 6) is 4.21. The van der Waals surface area contributed by atoms with E-state index in [1.165, 1.54) is 6.07 Å². The number of rotatable bonds is 1. The van der Waals surface area contributed by atoms with Gasteiger partial charge in [-0.1, -0.05) is 11.6 Å². The first kappa shape index (κ1) is 10.1. The first-order valence-corrected chi connectivity index (χ1v) is 3.56. The third-order valence-electron chi connectivity index (χ3n) is 1.37. The highest BCUT2D eigenvalue weighted by Crippen LogP contribution is 2.37. The molecule has 0 aliphatic heterocycles. The van der Waals surface area contributed by atoms with Crippen molar-refractivity contribution in [2.45, 2.75) is 6.18 Å². The van der Waals surface area contributed by atoms with Crippen molar-refractivity contribution in [2.75, 3.05) is 0 Å². The van der Waals surface area contributed by atoms with Gasteiger partial charge in [0.05, 0.1) is 0 Å². The fourth-order valence-corrected chi connectivity index (χ4v) is 0.999. The van der Waals surface area contributed by atoms with E-state index in [1.807, 2.05) is 0 Å². The predicted octanol–water partition coefficient (Wildman–Crippen LogP) is 2.61. The van der Waals surface area contributed by atoms with Gasteiger partial charge in [-0.2, -0.15) is 19.1 Å². The van der Waals surface area contributed by atoms with Gasteiger partial charge in [-0.3, -0.25) is 0 Å². The fourth-order valence-electron chi connectivity index (χ4n) is 0.827. The number of hydrogen-bond donors (Lipinski definition) is 1. The zero-order valence-corrected chi connectivity index (χ0v) is 6.99. The molecule has 0 unspecified atom stereocenters. The van der Waals surface area contributed by atoms with Crippen molar-refractivity contribution < 1.29 is 18.0 Å². The minimum Gasteiger partial charge on any atom is -0.411 e. The van der Waals surface area contributed by atoms with Crippen LogP contribution in [0.15, 0.2) is 18.2 Å². The molecule has 0 aromatic heterocycles. The normalized spacial score (nSPS) is 11.5. The molecule has 0 heterocycles. The highest BCUT2D eigenvalue weighted by molar-refractivity contribution is 6.30. The topological polar surface area (TPSA) is 35.2 Å². The Labute approximate surface area is 77.0 Å². The molecule has 0 fully saturated rings. The lowest BCUT2D eigenvalue weighted by Gasteiger charge is -2.10. The molecule has 0 radical (unpaired) electrons. The van der Waals surface area contributed by atoms with E-state index < -0.39 is 17.5 Å². The molecular weight excluding hydrogens is 207 g/mol. The molecule has 72 valence electrons. The van der Waals surface area contributed by atoms with Crippen molar-refractivity contribution in [1.82, 2.24) is 0 Å². The van der Waals surface area contributed by atoms with E-state index in [0.717, 1.165) is 12.1 Å². The summed E-state index contributed by atoms with van der Waals surface area (Å²) >= 11 is 5.38. The average molecular weight is 212 g/mol. The summed E-state index contributed by atoms with van der Waals surface area (Å²) in [6.45, 7) is 0. The summed E-state index contributed by atoms with van der Waals surface area (Å²) < 4.78 is 36.7. The molecule has 2 nitrogen and oxygen atoms in total. The lowest BCUT2D eigenvalue weighted by Crippen LogP contribution is -2.11. The van der Waals surface area contributed by atoms with E-state index in [0.29, 0.717) is 0 Å². The van der Waals surface area contributed by atoms with Crippen LogP contribution in [0, 0.1) is 0 Å². The third kappa shape index (κ3) is 2.26. The monoisotopic (exact) mass is 211 g/mol. The summed E-state index contributed by atoms with van der Waals surface area (Å²) in [7, 11) is 0. The molecule has 0 amide bonds. The molecule has 1 rings (SSSR count). The van der Waals surface area contributed by atoms with Crippen LogP contribution in [0.2, 0.25) is 5.02 Å². The van der Waals surface area contributed by atoms with Gasteiger partial charge < -0.3 is 4.84 Å². The smallest absolute Gasteiger partial charge is 0.411 e. The molecule has 6 heteroatoms. The van der Waals surface area contributed by atoms with Gasteiger partial charge in [0, 0.05) is 5.02 Å². The summed E-state index contributed by atoms with van der Waals surface area (Å²) in [6.07, 6.45) is -4.51. The second kappa shape index (κ2) is 3.43. The minimum absolute atomic E-state index is 0.0203. The van der Waals surface area contributed by atoms with Gasteiger partial charge >= 0.3 is 6.18 Å². The number of benzene rings is 1. The standard InChI is InChI=1S/C7H5ClF3NO/c8-4-1-2-6(13-12)5(3-4)7(9,10)11/h1-3H,12H2. The Balaban J connectivity index is 3.24.